The maximum Gasteiger partial charge on any atom is 0.387 e. The Hall–Kier alpha value is -3.00. The number of hydrogen-bond acceptors (Lipinski definition) is 9. The average molecular weight is 437 g/mol. The van der Waals surface area contributed by atoms with Crippen molar-refractivity contribution in [1.29, 1.82) is 0 Å². The number of aromatic amines is 1. The minimum Gasteiger partial charge on any atom is -0.478 e. The van der Waals surface area contributed by atoms with Gasteiger partial charge >= 0.3 is 6.61 Å². The monoisotopic (exact) mass is 437 g/mol. The Balaban J connectivity index is 0.00000225. The van der Waals surface area contributed by atoms with Crippen LogP contribution >= 0.6 is 11.3 Å². The van der Waals surface area contributed by atoms with E-state index in [0.29, 0.717) is 10.7 Å². The summed E-state index contributed by atoms with van der Waals surface area (Å²) in [7, 11) is -1.81. The van der Waals surface area contributed by atoms with Crippen LogP contribution in [0.3, 0.4) is 0 Å². The van der Waals surface area contributed by atoms with Gasteiger partial charge in [0.1, 0.15) is 9.90 Å². The van der Waals surface area contributed by atoms with Gasteiger partial charge in [-0.05, 0) is 6.07 Å². The molecule has 0 aromatic carbocycles. The SMILES string of the molecule is COc1nc(NS(=O)(=O)c2c[nH]c(-c3nccs3)c2)nc(OC)c1OC(F)F.[HH].[HH]. The zero-order valence-electron chi connectivity index (χ0n) is 14.3. The Morgan fingerprint density at radius 3 is 2.46 bits per heavy atom. The molecule has 3 aromatic heterocycles. The summed E-state index contributed by atoms with van der Waals surface area (Å²) in [5, 5.41) is 2.35. The van der Waals surface area contributed by atoms with Gasteiger partial charge in [0.15, 0.2) is 0 Å². The first-order valence-electron chi connectivity index (χ1n) is 7.40. The summed E-state index contributed by atoms with van der Waals surface area (Å²) in [4.78, 5) is 14.3. The van der Waals surface area contributed by atoms with Gasteiger partial charge in [-0.2, -0.15) is 18.7 Å². The van der Waals surface area contributed by atoms with E-state index in [9.17, 15) is 17.2 Å². The molecular weight excluding hydrogens is 420 g/mol. The number of alkyl halides is 2. The number of hydrogen-bond donors (Lipinski definition) is 2. The molecule has 0 bridgehead atoms. The average Bonchev–Trinajstić information content (AvgIpc) is 3.33. The smallest absolute Gasteiger partial charge is 0.387 e. The molecular formula is C14H17F2N5O5S2. The van der Waals surface area contributed by atoms with E-state index in [2.05, 4.69) is 29.4 Å². The number of anilines is 1. The predicted molar refractivity (Wildman–Crippen MR) is 98.7 cm³/mol. The molecule has 0 saturated carbocycles. The van der Waals surface area contributed by atoms with Crippen LogP contribution < -0.4 is 18.9 Å². The van der Waals surface area contributed by atoms with Crippen molar-refractivity contribution in [2.45, 2.75) is 11.5 Å². The van der Waals surface area contributed by atoms with E-state index < -0.39 is 40.1 Å². The van der Waals surface area contributed by atoms with Crippen LogP contribution in [0, 0.1) is 0 Å². The maximum atomic E-state index is 12.6. The number of nitrogens with one attached hydrogen (secondary N) is 2. The van der Waals surface area contributed by atoms with E-state index >= 15 is 0 Å². The van der Waals surface area contributed by atoms with Crippen LogP contribution in [0.2, 0.25) is 0 Å². The molecule has 0 saturated heterocycles. The van der Waals surface area contributed by atoms with Gasteiger partial charge in [0.05, 0.1) is 19.9 Å². The third-order valence-corrected chi connectivity index (χ3v) is 5.37. The first-order valence-corrected chi connectivity index (χ1v) is 9.76. The topological polar surface area (TPSA) is 128 Å². The van der Waals surface area contributed by atoms with Crippen molar-refractivity contribution in [3.8, 4) is 28.2 Å². The van der Waals surface area contributed by atoms with E-state index in [0.717, 1.165) is 14.2 Å². The second kappa shape index (κ2) is 7.93. The summed E-state index contributed by atoms with van der Waals surface area (Å²) >= 11 is 1.33. The molecule has 0 fully saturated rings. The fourth-order valence-electron chi connectivity index (χ4n) is 2.11. The molecule has 0 amide bonds. The standard InChI is InChI=1S/C14H13F2N5O5S2.2H2/c1-24-10-9(26-13(15)16)11(25-2)20-14(19-10)21-28(22,23)7-5-8(18-6-7)12-17-3-4-27-12;;/h3-6,13,18H,1-2H3,(H,19,20,21);2*1H. The van der Waals surface area contributed by atoms with Crippen LogP contribution in [0.5, 0.6) is 17.5 Å². The van der Waals surface area contributed by atoms with Crippen LogP contribution in [0.15, 0.2) is 28.7 Å². The first-order chi connectivity index (χ1) is 13.3. The third-order valence-electron chi connectivity index (χ3n) is 3.25. The first kappa shape index (κ1) is 19.8. The number of aromatic nitrogens is 4. The number of nitrogens with zero attached hydrogens (tertiary/aromatic N) is 3. The van der Waals surface area contributed by atoms with Crippen LogP contribution in [0.25, 0.3) is 10.7 Å². The second-order valence-corrected chi connectivity index (χ2v) is 7.54. The van der Waals surface area contributed by atoms with E-state index in [1.165, 1.54) is 23.6 Å². The van der Waals surface area contributed by atoms with Crippen molar-refractivity contribution in [1.82, 2.24) is 19.9 Å². The normalized spacial score (nSPS) is 11.5. The van der Waals surface area contributed by atoms with Gasteiger partial charge < -0.3 is 19.2 Å². The Morgan fingerprint density at radius 2 is 1.93 bits per heavy atom. The van der Waals surface area contributed by atoms with Crippen LogP contribution in [0.4, 0.5) is 14.7 Å². The number of ether oxygens (including phenoxy) is 3. The zero-order chi connectivity index (χ0) is 20.3. The minimum absolute atomic E-state index is 0. The number of thiazole rings is 1. The third kappa shape index (κ3) is 4.12. The van der Waals surface area contributed by atoms with Gasteiger partial charge in [-0.3, -0.25) is 0 Å². The molecule has 0 atom stereocenters. The number of methoxy groups -OCH3 is 2. The Bertz CT molecular complexity index is 1040. The molecule has 10 nitrogen and oxygen atoms in total. The summed E-state index contributed by atoms with van der Waals surface area (Å²) in [5.74, 6) is -1.87. The summed E-state index contributed by atoms with van der Waals surface area (Å²) in [6.45, 7) is -3.18. The molecule has 0 aliphatic carbocycles. The lowest BCUT2D eigenvalue weighted by Crippen LogP contribution is -2.16. The second-order valence-electron chi connectivity index (χ2n) is 4.97. The van der Waals surface area contributed by atoms with Crippen LogP contribution in [0.1, 0.15) is 2.85 Å². The molecule has 2 N–H and O–H groups in total. The molecule has 0 aliphatic rings. The predicted octanol–water partition coefficient (Wildman–Crippen LogP) is 2.84. The fraction of sp³-hybridized carbons (Fsp3) is 0.214. The van der Waals surface area contributed by atoms with Gasteiger partial charge in [-0.25, -0.2) is 18.1 Å². The molecule has 28 heavy (non-hydrogen) atoms. The quantitative estimate of drug-likeness (QED) is 0.551. The van der Waals surface area contributed by atoms with Gasteiger partial charge in [0.25, 0.3) is 21.8 Å². The summed E-state index contributed by atoms with van der Waals surface area (Å²) in [5.41, 5.74) is 0.507. The van der Waals surface area contributed by atoms with Crippen LogP contribution in [-0.2, 0) is 10.0 Å². The molecule has 3 rings (SSSR count). The molecule has 0 radical (unpaired) electrons. The van der Waals surface area contributed by atoms with Crippen LogP contribution in [-0.4, -0.2) is 49.2 Å². The van der Waals surface area contributed by atoms with E-state index in [-0.39, 0.29) is 7.75 Å². The van der Waals surface area contributed by atoms with Crippen molar-refractivity contribution in [3.05, 3.63) is 23.8 Å². The Labute approximate surface area is 164 Å². The number of rotatable bonds is 8. The van der Waals surface area contributed by atoms with Crippen molar-refractivity contribution in [2.75, 3.05) is 18.9 Å². The van der Waals surface area contributed by atoms with Crippen molar-refractivity contribution >= 4 is 27.3 Å². The van der Waals surface area contributed by atoms with Gasteiger partial charge in [0.2, 0.25) is 11.7 Å². The summed E-state index contributed by atoms with van der Waals surface area (Å²) in [6, 6.07) is 1.38. The molecule has 0 spiro atoms. The zero-order valence-corrected chi connectivity index (χ0v) is 16.0. The van der Waals surface area contributed by atoms with Gasteiger partial charge in [-0.15, -0.1) is 11.3 Å². The van der Waals surface area contributed by atoms with Crippen molar-refractivity contribution in [3.63, 3.8) is 0 Å². The highest BCUT2D eigenvalue weighted by Gasteiger charge is 2.24. The molecule has 0 unspecified atom stereocenters. The maximum absolute atomic E-state index is 12.6. The Morgan fingerprint density at radius 1 is 1.25 bits per heavy atom. The fourth-order valence-corrected chi connectivity index (χ4v) is 3.67. The van der Waals surface area contributed by atoms with Gasteiger partial charge in [-0.1, -0.05) is 0 Å². The van der Waals surface area contributed by atoms with E-state index in [4.69, 9.17) is 9.47 Å². The highest BCUT2D eigenvalue weighted by Crippen LogP contribution is 2.36. The summed E-state index contributed by atoms with van der Waals surface area (Å²) < 4.78 is 66.4. The Kier molecular flexibility index (Phi) is 5.60. The molecule has 3 aromatic rings. The largest absolute Gasteiger partial charge is 0.478 e. The van der Waals surface area contributed by atoms with Gasteiger partial charge in [0, 0.05) is 20.6 Å². The van der Waals surface area contributed by atoms with Crippen molar-refractivity contribution < 1.29 is 34.3 Å². The molecule has 14 heteroatoms. The van der Waals surface area contributed by atoms with E-state index in [1.807, 2.05) is 0 Å². The number of halogens is 2. The molecule has 154 valence electrons. The lowest BCUT2D eigenvalue weighted by molar-refractivity contribution is -0.0533. The number of H-pyrrole nitrogens is 1. The summed E-state index contributed by atoms with van der Waals surface area (Å²) in [6.07, 6.45) is 2.85. The lowest BCUT2D eigenvalue weighted by Gasteiger charge is -2.13. The highest BCUT2D eigenvalue weighted by atomic mass is 32.2. The van der Waals surface area contributed by atoms with Crippen molar-refractivity contribution in [2.24, 2.45) is 0 Å². The minimum atomic E-state index is -4.10. The lowest BCUT2D eigenvalue weighted by atomic mass is 10.4. The highest BCUT2D eigenvalue weighted by molar-refractivity contribution is 7.92. The molecule has 0 aliphatic heterocycles. The number of sulfonamides is 1. The van der Waals surface area contributed by atoms with E-state index in [1.54, 1.807) is 11.6 Å². The molecule has 3 heterocycles.